The van der Waals surface area contributed by atoms with Crippen molar-refractivity contribution < 1.29 is 4.74 Å². The van der Waals surface area contributed by atoms with Crippen LogP contribution in [0.4, 0.5) is 0 Å². The molecule has 0 atom stereocenters. The molecule has 0 aliphatic rings. The van der Waals surface area contributed by atoms with E-state index in [1.54, 1.807) is 7.11 Å². The maximum atomic E-state index is 6.21. The number of methoxy groups -OCH3 is 1. The molecule has 0 aliphatic heterocycles. The van der Waals surface area contributed by atoms with Crippen molar-refractivity contribution in [1.82, 2.24) is 9.97 Å². The van der Waals surface area contributed by atoms with Gasteiger partial charge in [0.2, 0.25) is 0 Å². The Hall–Kier alpha value is -0.670. The van der Waals surface area contributed by atoms with Crippen LogP contribution >= 0.6 is 11.6 Å². The monoisotopic (exact) mass is 256 g/mol. The van der Waals surface area contributed by atoms with Gasteiger partial charge in [-0.3, -0.25) is 0 Å². The van der Waals surface area contributed by atoms with E-state index < -0.39 is 5.60 Å². The Balaban J connectivity index is 3.32. The largest absolute Gasteiger partial charge is 0.370 e. The maximum absolute atomic E-state index is 6.21. The molecule has 1 rings (SSSR count). The summed E-state index contributed by atoms with van der Waals surface area (Å²) in [6, 6.07) is 0. The highest BCUT2D eigenvalue weighted by Crippen LogP contribution is 2.31. The van der Waals surface area contributed by atoms with E-state index in [-0.39, 0.29) is 0 Å². The number of halogens is 1. The van der Waals surface area contributed by atoms with Gasteiger partial charge in [0, 0.05) is 18.4 Å². The molecule has 0 spiro atoms. The quantitative estimate of drug-likeness (QED) is 0.754. The predicted molar refractivity (Wildman–Crippen MR) is 70.4 cm³/mol. The summed E-state index contributed by atoms with van der Waals surface area (Å²) in [5, 5.41) is 0.554. The lowest BCUT2D eigenvalue weighted by atomic mass is 9.95. The van der Waals surface area contributed by atoms with Crippen molar-refractivity contribution in [2.45, 2.75) is 52.6 Å². The highest BCUT2D eigenvalue weighted by atomic mass is 35.5. The van der Waals surface area contributed by atoms with E-state index in [9.17, 15) is 0 Å². The Morgan fingerprint density at radius 3 is 2.12 bits per heavy atom. The number of rotatable bonds is 5. The lowest BCUT2D eigenvalue weighted by Crippen LogP contribution is -2.30. The molecule has 0 radical (unpaired) electrons. The number of aromatic nitrogens is 2. The first-order valence-corrected chi connectivity index (χ1v) is 6.51. The Labute approximate surface area is 109 Å². The second-order valence-electron chi connectivity index (χ2n) is 4.16. The summed E-state index contributed by atoms with van der Waals surface area (Å²) in [7, 11) is 1.70. The minimum absolute atomic E-state index is 0.416. The van der Waals surface area contributed by atoms with Crippen molar-refractivity contribution in [3.05, 3.63) is 22.2 Å². The molecule has 17 heavy (non-hydrogen) atoms. The van der Waals surface area contributed by atoms with E-state index in [1.807, 2.05) is 6.92 Å². The Kier molecular flexibility index (Phi) is 4.90. The highest BCUT2D eigenvalue weighted by molar-refractivity contribution is 6.30. The Morgan fingerprint density at radius 2 is 1.76 bits per heavy atom. The predicted octanol–water partition coefficient (Wildman–Crippen LogP) is 3.66. The Bertz CT molecular complexity index is 358. The molecule has 0 saturated heterocycles. The van der Waals surface area contributed by atoms with Gasteiger partial charge in [-0.25, -0.2) is 9.97 Å². The fraction of sp³-hybridized carbons (Fsp3) is 0.692. The first-order chi connectivity index (χ1) is 8.04. The molecule has 0 saturated carbocycles. The molecule has 96 valence electrons. The van der Waals surface area contributed by atoms with Crippen LogP contribution in [0.1, 0.15) is 50.7 Å². The van der Waals surface area contributed by atoms with Gasteiger partial charge in [0.15, 0.2) is 5.82 Å². The zero-order valence-corrected chi connectivity index (χ0v) is 12.1. The first kappa shape index (κ1) is 14.4. The van der Waals surface area contributed by atoms with Crippen LogP contribution in [0.3, 0.4) is 0 Å². The standard InChI is InChI=1S/C13H21ClN2O/c1-6-10-9(4)15-12(16-11(10)14)13(7-2,8-3)17-5/h6-8H2,1-5H3. The molecule has 0 N–H and O–H groups in total. The average molecular weight is 257 g/mol. The third-order valence-corrected chi connectivity index (χ3v) is 3.77. The average Bonchev–Trinajstić information content (AvgIpc) is 2.32. The van der Waals surface area contributed by atoms with Crippen molar-refractivity contribution >= 4 is 11.6 Å². The molecular weight excluding hydrogens is 236 g/mol. The topological polar surface area (TPSA) is 35.0 Å². The van der Waals surface area contributed by atoms with Gasteiger partial charge in [-0.1, -0.05) is 32.4 Å². The van der Waals surface area contributed by atoms with Gasteiger partial charge in [0.05, 0.1) is 0 Å². The van der Waals surface area contributed by atoms with Crippen LogP contribution in [0.15, 0.2) is 0 Å². The fourth-order valence-electron chi connectivity index (χ4n) is 2.11. The molecule has 0 bridgehead atoms. The van der Waals surface area contributed by atoms with Crippen LogP contribution in [0.25, 0.3) is 0 Å². The van der Waals surface area contributed by atoms with Gasteiger partial charge in [-0.15, -0.1) is 0 Å². The third kappa shape index (κ3) is 2.61. The van der Waals surface area contributed by atoms with E-state index in [1.165, 1.54) is 0 Å². The van der Waals surface area contributed by atoms with Crippen molar-refractivity contribution in [2.24, 2.45) is 0 Å². The second kappa shape index (κ2) is 5.78. The fourth-order valence-corrected chi connectivity index (χ4v) is 2.46. The smallest absolute Gasteiger partial charge is 0.162 e. The number of aryl methyl sites for hydroxylation is 1. The van der Waals surface area contributed by atoms with E-state index in [2.05, 4.69) is 30.7 Å². The molecule has 4 heteroatoms. The maximum Gasteiger partial charge on any atom is 0.162 e. The SMILES string of the molecule is CCc1c(C)nc(C(CC)(CC)OC)nc1Cl. The van der Waals surface area contributed by atoms with Crippen LogP contribution in [0.5, 0.6) is 0 Å². The summed E-state index contributed by atoms with van der Waals surface area (Å²) in [5.74, 6) is 0.699. The second-order valence-corrected chi connectivity index (χ2v) is 4.52. The zero-order chi connectivity index (χ0) is 13.1. The highest BCUT2D eigenvalue weighted by Gasteiger charge is 2.32. The molecule has 0 fully saturated rings. The summed E-state index contributed by atoms with van der Waals surface area (Å²) in [5.41, 5.74) is 1.55. The molecular formula is C13H21ClN2O. The van der Waals surface area contributed by atoms with Gasteiger partial charge in [-0.05, 0) is 26.2 Å². The molecule has 3 nitrogen and oxygen atoms in total. The normalized spacial score (nSPS) is 11.9. The summed E-state index contributed by atoms with van der Waals surface area (Å²) < 4.78 is 5.62. The van der Waals surface area contributed by atoms with Crippen molar-refractivity contribution in [1.29, 1.82) is 0 Å². The summed E-state index contributed by atoms with van der Waals surface area (Å²) >= 11 is 6.21. The minimum Gasteiger partial charge on any atom is -0.370 e. The first-order valence-electron chi connectivity index (χ1n) is 6.13. The summed E-state index contributed by atoms with van der Waals surface area (Å²) in [4.78, 5) is 8.99. The third-order valence-electron chi connectivity index (χ3n) is 3.46. The van der Waals surface area contributed by atoms with E-state index in [0.717, 1.165) is 30.5 Å². The number of hydrogen-bond acceptors (Lipinski definition) is 3. The zero-order valence-electron chi connectivity index (χ0n) is 11.3. The van der Waals surface area contributed by atoms with E-state index in [4.69, 9.17) is 16.3 Å². The molecule has 1 aromatic rings. The Morgan fingerprint density at radius 1 is 1.18 bits per heavy atom. The molecule has 1 heterocycles. The van der Waals surface area contributed by atoms with Crippen molar-refractivity contribution in [3.8, 4) is 0 Å². The molecule has 0 aliphatic carbocycles. The number of ether oxygens (including phenoxy) is 1. The van der Waals surface area contributed by atoms with Crippen LogP contribution < -0.4 is 0 Å². The van der Waals surface area contributed by atoms with Crippen molar-refractivity contribution in [2.75, 3.05) is 7.11 Å². The van der Waals surface area contributed by atoms with Gasteiger partial charge in [0.1, 0.15) is 10.8 Å². The molecule has 0 amide bonds. The summed E-state index contributed by atoms with van der Waals surface area (Å²) in [6.45, 7) is 8.18. The minimum atomic E-state index is -0.416. The van der Waals surface area contributed by atoms with Crippen LogP contribution in [-0.4, -0.2) is 17.1 Å². The van der Waals surface area contributed by atoms with Gasteiger partial charge < -0.3 is 4.74 Å². The molecule has 0 aromatic carbocycles. The lowest BCUT2D eigenvalue weighted by Gasteiger charge is -2.29. The molecule has 1 aromatic heterocycles. The van der Waals surface area contributed by atoms with Gasteiger partial charge in [-0.2, -0.15) is 0 Å². The van der Waals surface area contributed by atoms with Crippen LogP contribution in [0.2, 0.25) is 5.15 Å². The lowest BCUT2D eigenvalue weighted by molar-refractivity contribution is -0.0293. The van der Waals surface area contributed by atoms with Gasteiger partial charge >= 0.3 is 0 Å². The molecule has 0 unspecified atom stereocenters. The van der Waals surface area contributed by atoms with Crippen LogP contribution in [0, 0.1) is 6.92 Å². The van der Waals surface area contributed by atoms with E-state index >= 15 is 0 Å². The number of hydrogen-bond donors (Lipinski definition) is 0. The summed E-state index contributed by atoms with van der Waals surface area (Å²) in [6.07, 6.45) is 2.52. The van der Waals surface area contributed by atoms with E-state index in [0.29, 0.717) is 11.0 Å². The van der Waals surface area contributed by atoms with Crippen LogP contribution in [-0.2, 0) is 16.8 Å². The number of nitrogens with zero attached hydrogens (tertiary/aromatic N) is 2. The van der Waals surface area contributed by atoms with Crippen molar-refractivity contribution in [3.63, 3.8) is 0 Å². The van der Waals surface area contributed by atoms with Gasteiger partial charge in [0.25, 0.3) is 0 Å².